The molecule has 0 fully saturated rings. The van der Waals surface area contributed by atoms with Crippen LogP contribution in [0.5, 0.6) is 0 Å². The maximum absolute atomic E-state index is 12.9. The molecule has 0 radical (unpaired) electrons. The molecule has 2 aromatic carbocycles. The summed E-state index contributed by atoms with van der Waals surface area (Å²) in [7, 11) is 0. The molecule has 0 aliphatic heterocycles. The van der Waals surface area contributed by atoms with Crippen LogP contribution in [-0.2, 0) is 9.47 Å². The Labute approximate surface area is 205 Å². The number of ether oxygens (including phenoxy) is 2. The van der Waals surface area contributed by atoms with Crippen molar-refractivity contribution in [1.29, 1.82) is 0 Å². The van der Waals surface area contributed by atoms with Gasteiger partial charge in [0.15, 0.2) is 0 Å². The van der Waals surface area contributed by atoms with E-state index >= 15 is 0 Å². The second kappa shape index (κ2) is 15.1. The molecular formula is C30H40O4. The molecule has 4 atom stereocenters. The highest BCUT2D eigenvalue weighted by atomic mass is 16.6. The highest BCUT2D eigenvalue weighted by Crippen LogP contribution is 2.27. The Hall–Kier alpha value is -2.88. The van der Waals surface area contributed by atoms with Crippen molar-refractivity contribution in [2.45, 2.75) is 78.4 Å². The molecule has 4 heteroatoms. The van der Waals surface area contributed by atoms with Gasteiger partial charge in [0, 0.05) is 5.92 Å². The summed E-state index contributed by atoms with van der Waals surface area (Å²) in [6.07, 6.45) is 9.78. The Bertz CT molecular complexity index is 875. The lowest BCUT2D eigenvalue weighted by molar-refractivity contribution is -0.0336. The summed E-state index contributed by atoms with van der Waals surface area (Å²) in [5.74, 6) is -0.578. The summed E-state index contributed by atoms with van der Waals surface area (Å²) < 4.78 is 11.9. The third-order valence-electron chi connectivity index (χ3n) is 6.17. The first-order valence-corrected chi connectivity index (χ1v) is 12.6. The van der Waals surface area contributed by atoms with E-state index in [-0.39, 0.29) is 29.9 Å². The Balaban J connectivity index is 2.13. The normalized spacial score (nSPS) is 14.8. The first kappa shape index (κ1) is 27.4. The first-order valence-electron chi connectivity index (χ1n) is 12.6. The third kappa shape index (κ3) is 9.17. The average Bonchev–Trinajstić information content (AvgIpc) is 2.85. The van der Waals surface area contributed by atoms with Crippen LogP contribution in [0, 0.1) is 11.8 Å². The topological polar surface area (TPSA) is 52.6 Å². The summed E-state index contributed by atoms with van der Waals surface area (Å²) in [6, 6.07) is 18.0. The SMILES string of the molecule is CCCCCC=CC(C)CC(OC(=O)c1ccccc1)C(CC)C(C)OC(=O)c1ccccc1. The standard InChI is InChI=1S/C30H40O4/c1-5-7-8-9-12-17-23(3)22-28(34-30(32)26-20-15-11-16-21-26)27(6-2)24(4)33-29(31)25-18-13-10-14-19-25/h10-21,23-24,27-28H,5-9,22H2,1-4H3. The Morgan fingerprint density at radius 1 is 0.824 bits per heavy atom. The van der Waals surface area contributed by atoms with Crippen LogP contribution in [0.25, 0.3) is 0 Å². The molecule has 0 aliphatic rings. The largest absolute Gasteiger partial charge is 0.459 e. The van der Waals surface area contributed by atoms with Gasteiger partial charge in [-0.2, -0.15) is 0 Å². The van der Waals surface area contributed by atoms with E-state index in [1.807, 2.05) is 50.2 Å². The minimum atomic E-state index is -0.396. The number of rotatable bonds is 14. The minimum Gasteiger partial charge on any atom is -0.459 e. The molecule has 0 N–H and O–H groups in total. The van der Waals surface area contributed by atoms with E-state index in [4.69, 9.17) is 9.47 Å². The van der Waals surface area contributed by atoms with Gasteiger partial charge in [0.2, 0.25) is 0 Å². The molecular weight excluding hydrogens is 424 g/mol. The number of unbranched alkanes of at least 4 members (excludes halogenated alkanes) is 3. The van der Waals surface area contributed by atoms with Crippen molar-refractivity contribution in [3.63, 3.8) is 0 Å². The number of benzene rings is 2. The second-order valence-corrected chi connectivity index (χ2v) is 9.00. The molecule has 184 valence electrons. The lowest BCUT2D eigenvalue weighted by Crippen LogP contribution is -2.37. The van der Waals surface area contributed by atoms with Gasteiger partial charge < -0.3 is 9.47 Å². The smallest absolute Gasteiger partial charge is 0.338 e. The fourth-order valence-corrected chi connectivity index (χ4v) is 4.17. The van der Waals surface area contributed by atoms with Gasteiger partial charge in [0.1, 0.15) is 12.2 Å². The predicted octanol–water partition coefficient (Wildman–Crippen LogP) is 7.65. The van der Waals surface area contributed by atoms with Gasteiger partial charge in [0.25, 0.3) is 0 Å². The molecule has 2 rings (SSSR count). The summed E-state index contributed by atoms with van der Waals surface area (Å²) in [5, 5.41) is 0. The Morgan fingerprint density at radius 2 is 1.38 bits per heavy atom. The average molecular weight is 465 g/mol. The molecule has 2 aromatic rings. The molecule has 0 saturated heterocycles. The zero-order chi connectivity index (χ0) is 24.8. The van der Waals surface area contributed by atoms with Crippen molar-refractivity contribution in [3.8, 4) is 0 Å². The van der Waals surface area contributed by atoms with Crippen LogP contribution in [0.15, 0.2) is 72.8 Å². The number of hydrogen-bond donors (Lipinski definition) is 0. The maximum Gasteiger partial charge on any atom is 0.338 e. The van der Waals surface area contributed by atoms with Crippen LogP contribution in [0.4, 0.5) is 0 Å². The van der Waals surface area contributed by atoms with E-state index in [1.165, 1.54) is 19.3 Å². The van der Waals surface area contributed by atoms with Gasteiger partial charge in [-0.1, -0.05) is 82.2 Å². The molecule has 0 amide bonds. The Kier molecular flexibility index (Phi) is 12.2. The summed E-state index contributed by atoms with van der Waals surface area (Å²) in [4.78, 5) is 25.6. The van der Waals surface area contributed by atoms with Crippen molar-refractivity contribution in [2.24, 2.45) is 11.8 Å². The predicted molar refractivity (Wildman–Crippen MR) is 138 cm³/mol. The molecule has 0 bridgehead atoms. The molecule has 0 aromatic heterocycles. The molecule has 0 spiro atoms. The first-order chi connectivity index (χ1) is 16.5. The lowest BCUT2D eigenvalue weighted by Gasteiger charge is -2.32. The van der Waals surface area contributed by atoms with Gasteiger partial charge in [-0.25, -0.2) is 9.59 Å². The fraction of sp³-hybridized carbons (Fsp3) is 0.467. The van der Waals surface area contributed by atoms with E-state index in [9.17, 15) is 9.59 Å². The molecule has 4 nitrogen and oxygen atoms in total. The summed E-state index contributed by atoms with van der Waals surface area (Å²) in [5.41, 5.74) is 1.05. The highest BCUT2D eigenvalue weighted by molar-refractivity contribution is 5.90. The van der Waals surface area contributed by atoms with E-state index in [1.54, 1.807) is 24.3 Å². The van der Waals surface area contributed by atoms with Crippen LogP contribution >= 0.6 is 0 Å². The molecule has 34 heavy (non-hydrogen) atoms. The van der Waals surface area contributed by atoms with Crippen LogP contribution < -0.4 is 0 Å². The number of allylic oxidation sites excluding steroid dienone is 2. The number of carbonyl (C=O) groups is 2. The van der Waals surface area contributed by atoms with Crippen molar-refractivity contribution in [1.82, 2.24) is 0 Å². The van der Waals surface area contributed by atoms with E-state index in [0.29, 0.717) is 17.5 Å². The van der Waals surface area contributed by atoms with E-state index in [2.05, 4.69) is 26.0 Å². The molecule has 4 unspecified atom stereocenters. The van der Waals surface area contributed by atoms with Gasteiger partial charge in [0.05, 0.1) is 11.1 Å². The molecule has 0 aliphatic carbocycles. The maximum atomic E-state index is 12.9. The van der Waals surface area contributed by atoms with Crippen LogP contribution in [0.2, 0.25) is 0 Å². The highest BCUT2D eigenvalue weighted by Gasteiger charge is 2.32. The fourth-order valence-electron chi connectivity index (χ4n) is 4.17. The monoisotopic (exact) mass is 464 g/mol. The third-order valence-corrected chi connectivity index (χ3v) is 6.17. The van der Waals surface area contributed by atoms with E-state index < -0.39 is 6.10 Å². The van der Waals surface area contributed by atoms with Gasteiger partial charge >= 0.3 is 11.9 Å². The van der Waals surface area contributed by atoms with Gasteiger partial charge in [-0.05, 0) is 62.8 Å². The molecule has 0 heterocycles. The summed E-state index contributed by atoms with van der Waals surface area (Å²) in [6.45, 7) is 8.29. The Morgan fingerprint density at radius 3 is 1.91 bits per heavy atom. The van der Waals surface area contributed by atoms with Crippen LogP contribution in [-0.4, -0.2) is 24.1 Å². The van der Waals surface area contributed by atoms with Gasteiger partial charge in [-0.15, -0.1) is 0 Å². The number of carbonyl (C=O) groups excluding carboxylic acids is 2. The van der Waals surface area contributed by atoms with E-state index in [0.717, 1.165) is 12.8 Å². The molecule has 0 saturated carbocycles. The number of esters is 2. The van der Waals surface area contributed by atoms with Crippen LogP contribution in [0.3, 0.4) is 0 Å². The second-order valence-electron chi connectivity index (χ2n) is 9.00. The zero-order valence-electron chi connectivity index (χ0n) is 21.1. The summed E-state index contributed by atoms with van der Waals surface area (Å²) >= 11 is 0. The van der Waals surface area contributed by atoms with Crippen LogP contribution in [0.1, 0.15) is 86.9 Å². The minimum absolute atomic E-state index is 0.115. The van der Waals surface area contributed by atoms with Gasteiger partial charge in [-0.3, -0.25) is 0 Å². The van der Waals surface area contributed by atoms with Crippen molar-refractivity contribution >= 4 is 11.9 Å². The lowest BCUT2D eigenvalue weighted by atomic mass is 9.87. The quantitative estimate of drug-likeness (QED) is 0.164. The van der Waals surface area contributed by atoms with Crippen molar-refractivity contribution in [3.05, 3.63) is 83.9 Å². The van der Waals surface area contributed by atoms with Crippen molar-refractivity contribution < 1.29 is 19.1 Å². The van der Waals surface area contributed by atoms with Crippen molar-refractivity contribution in [2.75, 3.05) is 0 Å². The zero-order valence-corrected chi connectivity index (χ0v) is 21.1. The number of hydrogen-bond acceptors (Lipinski definition) is 4.